The average molecular weight is 681 g/mol. The van der Waals surface area contributed by atoms with Crippen molar-refractivity contribution in [2.75, 3.05) is 29.2 Å². The topological polar surface area (TPSA) is 105 Å². The van der Waals surface area contributed by atoms with Crippen LogP contribution >= 0.6 is 39.1 Å². The van der Waals surface area contributed by atoms with E-state index in [9.17, 15) is 21.2 Å². The average Bonchev–Trinajstić information content (AvgIpc) is 2.83. The highest BCUT2D eigenvalue weighted by Gasteiger charge is 2.26. The van der Waals surface area contributed by atoms with E-state index in [0.29, 0.717) is 30.9 Å². The Morgan fingerprint density at radius 3 is 2.38 bits per heavy atom. The van der Waals surface area contributed by atoms with Crippen LogP contribution in [0.15, 0.2) is 62.8 Å². The highest BCUT2D eigenvalue weighted by molar-refractivity contribution is 9.10. The molecule has 0 radical (unpaired) electrons. The summed E-state index contributed by atoms with van der Waals surface area (Å²) in [6.45, 7) is 5.28. The lowest BCUT2D eigenvalue weighted by Gasteiger charge is -2.33. The molecule has 1 heterocycles. The molecule has 1 atom stereocenters. The van der Waals surface area contributed by atoms with Crippen molar-refractivity contribution in [3.63, 3.8) is 0 Å². The SMILES string of the molecule is Cc1cc(F)c(Br)cc1NS(=O)(=O)c1ccc(NS(=O)(=O)c2cc(Cl)cc(Cl)c2)cc1CN1CCOC[C@H]1C. The quantitative estimate of drug-likeness (QED) is 0.301. The summed E-state index contributed by atoms with van der Waals surface area (Å²) in [5.74, 6) is -0.518. The van der Waals surface area contributed by atoms with Gasteiger partial charge in [0.1, 0.15) is 5.82 Å². The number of nitrogens with one attached hydrogen (secondary N) is 2. The maximum atomic E-state index is 13.9. The Labute approximate surface area is 245 Å². The van der Waals surface area contributed by atoms with Gasteiger partial charge >= 0.3 is 0 Å². The van der Waals surface area contributed by atoms with Crippen LogP contribution in [-0.2, 0) is 31.3 Å². The lowest BCUT2D eigenvalue weighted by molar-refractivity contribution is -0.00469. The van der Waals surface area contributed by atoms with Crippen LogP contribution in [-0.4, -0.2) is 47.5 Å². The van der Waals surface area contributed by atoms with Crippen LogP contribution in [0.5, 0.6) is 0 Å². The summed E-state index contributed by atoms with van der Waals surface area (Å²) in [6.07, 6.45) is 0. The summed E-state index contributed by atoms with van der Waals surface area (Å²) in [5.41, 5.74) is 1.12. The molecule has 4 rings (SSSR count). The minimum atomic E-state index is -4.15. The van der Waals surface area contributed by atoms with Gasteiger partial charge in [0.15, 0.2) is 0 Å². The number of nitrogens with zero attached hydrogens (tertiary/aromatic N) is 1. The van der Waals surface area contributed by atoms with Gasteiger partial charge in [0.25, 0.3) is 20.0 Å². The second-order valence-corrected chi connectivity index (χ2v) is 14.2. The van der Waals surface area contributed by atoms with Gasteiger partial charge < -0.3 is 4.74 Å². The van der Waals surface area contributed by atoms with Crippen molar-refractivity contribution in [2.45, 2.75) is 36.2 Å². The third-order valence-electron chi connectivity index (χ3n) is 6.14. The molecule has 0 aliphatic carbocycles. The molecule has 1 aliphatic heterocycles. The summed E-state index contributed by atoms with van der Waals surface area (Å²) in [4.78, 5) is 1.86. The molecule has 0 unspecified atom stereocenters. The predicted octanol–water partition coefficient (Wildman–Crippen LogP) is 6.03. The second-order valence-electron chi connectivity index (χ2n) is 9.11. The third kappa shape index (κ3) is 7.24. The van der Waals surface area contributed by atoms with E-state index in [4.69, 9.17) is 27.9 Å². The number of morpholine rings is 1. The standard InChI is InChI=1S/C25H25BrCl2FN3O5S2/c1-15-7-23(29)22(26)12-24(15)31-39(35,36)25-4-3-20(8-17(25)13-32-5-6-37-14-16(32)2)30-38(33,34)21-10-18(27)9-19(28)11-21/h3-4,7-12,16,30-31H,5-6,13-14H2,1-2H3/t16-/m1/s1. The van der Waals surface area contributed by atoms with Crippen LogP contribution in [0.3, 0.4) is 0 Å². The van der Waals surface area contributed by atoms with E-state index in [1.165, 1.54) is 48.5 Å². The first-order chi connectivity index (χ1) is 18.2. The van der Waals surface area contributed by atoms with Crippen molar-refractivity contribution in [1.82, 2.24) is 4.90 Å². The van der Waals surface area contributed by atoms with E-state index in [-0.39, 0.29) is 48.3 Å². The zero-order valence-corrected chi connectivity index (χ0v) is 25.6. The van der Waals surface area contributed by atoms with Crippen molar-refractivity contribution in [3.05, 3.63) is 80.0 Å². The van der Waals surface area contributed by atoms with Gasteiger partial charge in [-0.2, -0.15) is 0 Å². The summed E-state index contributed by atoms with van der Waals surface area (Å²) in [7, 11) is -8.24. The van der Waals surface area contributed by atoms with Gasteiger partial charge in [-0.3, -0.25) is 14.3 Å². The van der Waals surface area contributed by atoms with E-state index in [0.717, 1.165) is 0 Å². The maximum absolute atomic E-state index is 13.9. The predicted molar refractivity (Wildman–Crippen MR) is 154 cm³/mol. The van der Waals surface area contributed by atoms with Gasteiger partial charge in [-0.1, -0.05) is 23.2 Å². The Hall–Kier alpha value is -1.93. The fraction of sp³-hybridized carbons (Fsp3) is 0.280. The number of rotatable bonds is 8. The summed E-state index contributed by atoms with van der Waals surface area (Å²) in [5, 5.41) is 0.306. The second kappa shape index (κ2) is 11.9. The maximum Gasteiger partial charge on any atom is 0.262 e. The van der Waals surface area contributed by atoms with Crippen molar-refractivity contribution in [2.24, 2.45) is 0 Å². The monoisotopic (exact) mass is 679 g/mol. The smallest absolute Gasteiger partial charge is 0.262 e. The number of aryl methyl sites for hydroxylation is 1. The van der Waals surface area contributed by atoms with Crippen LogP contribution in [0.2, 0.25) is 10.0 Å². The number of ether oxygens (including phenoxy) is 1. The number of anilines is 2. The highest BCUT2D eigenvalue weighted by atomic mass is 79.9. The molecule has 1 aliphatic rings. The fourth-order valence-corrected chi connectivity index (χ4v) is 7.55. The summed E-state index contributed by atoms with van der Waals surface area (Å²) in [6, 6.07) is 10.7. The highest BCUT2D eigenvalue weighted by Crippen LogP contribution is 2.30. The molecule has 3 aromatic rings. The molecule has 0 saturated carbocycles. The van der Waals surface area contributed by atoms with Gasteiger partial charge in [-0.05, 0) is 89.4 Å². The molecule has 0 spiro atoms. The molecule has 210 valence electrons. The van der Waals surface area contributed by atoms with E-state index < -0.39 is 25.9 Å². The first-order valence-corrected chi connectivity index (χ1v) is 16.2. The number of halogens is 4. The fourth-order valence-electron chi connectivity index (χ4n) is 4.10. The Bertz CT molecular complexity index is 1600. The van der Waals surface area contributed by atoms with Gasteiger partial charge in [0.2, 0.25) is 0 Å². The van der Waals surface area contributed by atoms with Crippen LogP contribution in [0.25, 0.3) is 0 Å². The number of hydrogen-bond acceptors (Lipinski definition) is 6. The Balaban J connectivity index is 1.73. The molecule has 0 aromatic heterocycles. The van der Waals surface area contributed by atoms with Crippen LogP contribution in [0, 0.1) is 12.7 Å². The van der Waals surface area contributed by atoms with E-state index in [1.54, 1.807) is 6.92 Å². The Kier molecular flexibility index (Phi) is 9.16. The molecule has 0 amide bonds. The van der Waals surface area contributed by atoms with Gasteiger partial charge in [-0.25, -0.2) is 21.2 Å². The lowest BCUT2D eigenvalue weighted by atomic mass is 10.1. The minimum Gasteiger partial charge on any atom is -0.379 e. The van der Waals surface area contributed by atoms with E-state index in [2.05, 4.69) is 25.4 Å². The zero-order valence-electron chi connectivity index (χ0n) is 20.8. The van der Waals surface area contributed by atoms with Crippen molar-refractivity contribution >= 4 is 70.6 Å². The molecular weight excluding hydrogens is 656 g/mol. The first-order valence-electron chi connectivity index (χ1n) is 11.7. The summed E-state index contributed by atoms with van der Waals surface area (Å²) < 4.78 is 77.8. The molecular formula is C25H25BrCl2FN3O5S2. The lowest BCUT2D eigenvalue weighted by Crippen LogP contribution is -2.43. The molecule has 0 bridgehead atoms. The molecule has 1 saturated heterocycles. The van der Waals surface area contributed by atoms with Crippen molar-refractivity contribution in [1.29, 1.82) is 0 Å². The molecule has 14 heteroatoms. The van der Waals surface area contributed by atoms with Crippen LogP contribution in [0.1, 0.15) is 18.1 Å². The van der Waals surface area contributed by atoms with Crippen LogP contribution < -0.4 is 9.44 Å². The van der Waals surface area contributed by atoms with Gasteiger partial charge in [0.05, 0.1) is 33.2 Å². The summed E-state index contributed by atoms with van der Waals surface area (Å²) >= 11 is 15.1. The van der Waals surface area contributed by atoms with Gasteiger partial charge in [-0.15, -0.1) is 0 Å². The Morgan fingerprint density at radius 2 is 1.72 bits per heavy atom. The van der Waals surface area contributed by atoms with Gasteiger partial charge in [0, 0.05) is 34.9 Å². The zero-order chi connectivity index (χ0) is 28.5. The largest absolute Gasteiger partial charge is 0.379 e. The first kappa shape index (κ1) is 30.0. The number of hydrogen-bond donors (Lipinski definition) is 2. The number of sulfonamides is 2. The molecule has 3 aromatic carbocycles. The third-order valence-corrected chi connectivity index (χ3v) is 10.0. The molecule has 2 N–H and O–H groups in total. The van der Waals surface area contributed by atoms with Crippen molar-refractivity contribution < 1.29 is 26.0 Å². The van der Waals surface area contributed by atoms with E-state index >= 15 is 0 Å². The number of benzene rings is 3. The Morgan fingerprint density at radius 1 is 1.03 bits per heavy atom. The molecule has 39 heavy (non-hydrogen) atoms. The minimum absolute atomic E-state index is 0.00603. The van der Waals surface area contributed by atoms with E-state index in [1.807, 2.05) is 11.8 Å². The van der Waals surface area contributed by atoms with Crippen molar-refractivity contribution in [3.8, 4) is 0 Å². The molecule has 8 nitrogen and oxygen atoms in total. The molecule has 1 fully saturated rings. The van der Waals surface area contributed by atoms with Crippen LogP contribution in [0.4, 0.5) is 15.8 Å². The normalized spacial score (nSPS) is 16.7.